The summed E-state index contributed by atoms with van der Waals surface area (Å²) in [6.45, 7) is 2.02. The Hall–Kier alpha value is -2.15. The molecule has 0 bridgehead atoms. The Bertz CT molecular complexity index is 1280. The van der Waals surface area contributed by atoms with Crippen molar-refractivity contribution in [3.8, 4) is 28.5 Å². The van der Waals surface area contributed by atoms with Crippen molar-refractivity contribution in [2.24, 2.45) is 5.92 Å². The molecule has 1 saturated carbocycles. The second kappa shape index (κ2) is 9.61. The molecule has 0 spiro atoms. The van der Waals surface area contributed by atoms with E-state index in [-0.39, 0.29) is 0 Å². The van der Waals surface area contributed by atoms with Crippen molar-refractivity contribution in [1.82, 2.24) is 20.0 Å². The Morgan fingerprint density at radius 1 is 1.03 bits per heavy atom. The molecule has 2 heterocycles. The Labute approximate surface area is 211 Å². The van der Waals surface area contributed by atoms with Crippen LogP contribution >= 0.6 is 39.1 Å². The van der Waals surface area contributed by atoms with E-state index in [4.69, 9.17) is 32.7 Å². The molecule has 1 aliphatic carbocycles. The highest BCUT2D eigenvalue weighted by molar-refractivity contribution is 9.10. The van der Waals surface area contributed by atoms with E-state index in [0.717, 1.165) is 33.4 Å². The van der Waals surface area contributed by atoms with Gasteiger partial charge in [-0.1, -0.05) is 70.5 Å². The van der Waals surface area contributed by atoms with Crippen LogP contribution < -0.4 is 0 Å². The number of rotatable bonds is 5. The van der Waals surface area contributed by atoms with E-state index in [9.17, 15) is 0 Å². The van der Waals surface area contributed by atoms with Crippen LogP contribution in [-0.2, 0) is 6.42 Å². The largest absolute Gasteiger partial charge is 0.419 e. The fourth-order valence-electron chi connectivity index (χ4n) is 4.54. The predicted octanol–water partition coefficient (Wildman–Crippen LogP) is 8.09. The topological polar surface area (TPSA) is 56.7 Å². The summed E-state index contributed by atoms with van der Waals surface area (Å²) in [6.07, 6.45) is 7.19. The summed E-state index contributed by atoms with van der Waals surface area (Å²) in [6, 6.07) is 13.5. The van der Waals surface area contributed by atoms with E-state index in [1.54, 1.807) is 12.1 Å². The van der Waals surface area contributed by atoms with Crippen molar-refractivity contribution in [3.05, 3.63) is 68.4 Å². The van der Waals surface area contributed by atoms with Gasteiger partial charge in [0.1, 0.15) is 0 Å². The van der Waals surface area contributed by atoms with Crippen LogP contribution in [0.4, 0.5) is 0 Å². The fourth-order valence-corrected chi connectivity index (χ4v) is 5.30. The molecular formula is C25H23BrCl2N4O. The fraction of sp³-hybridized carbons (Fsp3) is 0.320. The van der Waals surface area contributed by atoms with Gasteiger partial charge in [-0.25, -0.2) is 4.68 Å². The minimum absolute atomic E-state index is 0.431. The van der Waals surface area contributed by atoms with Crippen molar-refractivity contribution in [2.75, 3.05) is 0 Å². The maximum Gasteiger partial charge on any atom is 0.268 e. The van der Waals surface area contributed by atoms with Gasteiger partial charge in [-0.15, -0.1) is 10.2 Å². The van der Waals surface area contributed by atoms with Gasteiger partial charge in [0.25, 0.3) is 5.89 Å². The molecule has 5 rings (SSSR count). The maximum atomic E-state index is 6.56. The zero-order valence-electron chi connectivity index (χ0n) is 18.2. The number of halogens is 3. The Balaban J connectivity index is 1.58. The lowest BCUT2D eigenvalue weighted by atomic mass is 9.87. The van der Waals surface area contributed by atoms with Gasteiger partial charge in [0, 0.05) is 27.0 Å². The highest BCUT2D eigenvalue weighted by Gasteiger charge is 2.24. The normalized spacial score (nSPS) is 14.7. The van der Waals surface area contributed by atoms with Gasteiger partial charge < -0.3 is 4.42 Å². The van der Waals surface area contributed by atoms with Crippen LogP contribution in [0, 0.1) is 12.8 Å². The summed E-state index contributed by atoms with van der Waals surface area (Å²) in [4.78, 5) is 0. The predicted molar refractivity (Wildman–Crippen MR) is 135 cm³/mol. The molecule has 1 aliphatic rings. The Kier molecular flexibility index (Phi) is 6.59. The molecule has 4 aromatic rings. The van der Waals surface area contributed by atoms with Gasteiger partial charge in [-0.2, -0.15) is 5.10 Å². The molecule has 2 aromatic carbocycles. The molecule has 0 radical (unpaired) electrons. The number of hydrogen-bond acceptors (Lipinski definition) is 4. The average Bonchev–Trinajstić information content (AvgIpc) is 3.39. The molecule has 0 atom stereocenters. The quantitative estimate of drug-likeness (QED) is 0.254. The zero-order chi connectivity index (χ0) is 22.9. The zero-order valence-corrected chi connectivity index (χ0v) is 21.3. The van der Waals surface area contributed by atoms with Gasteiger partial charge in [0.2, 0.25) is 5.89 Å². The van der Waals surface area contributed by atoms with E-state index in [0.29, 0.717) is 33.4 Å². The Morgan fingerprint density at radius 2 is 1.79 bits per heavy atom. The minimum atomic E-state index is 0.431. The van der Waals surface area contributed by atoms with Crippen LogP contribution in [0.1, 0.15) is 43.6 Å². The highest BCUT2D eigenvalue weighted by atomic mass is 79.9. The summed E-state index contributed by atoms with van der Waals surface area (Å²) in [5.74, 6) is 1.73. The SMILES string of the molecule is Cc1c(-c2nnc(CC3CCCCC3)o2)nn(-c2ccc(Cl)cc2Cl)c1-c1ccc(Br)cc1. The number of aromatic nitrogens is 4. The summed E-state index contributed by atoms with van der Waals surface area (Å²) in [7, 11) is 0. The molecule has 2 aromatic heterocycles. The third kappa shape index (κ3) is 4.75. The molecule has 170 valence electrons. The third-order valence-corrected chi connectivity index (χ3v) is 7.30. The smallest absolute Gasteiger partial charge is 0.268 e. The second-order valence-corrected chi connectivity index (χ2v) is 10.3. The lowest BCUT2D eigenvalue weighted by Gasteiger charge is -2.19. The average molecular weight is 546 g/mol. The summed E-state index contributed by atoms with van der Waals surface area (Å²) < 4.78 is 8.94. The maximum absolute atomic E-state index is 6.56. The minimum Gasteiger partial charge on any atom is -0.419 e. The highest BCUT2D eigenvalue weighted by Crippen LogP contribution is 2.36. The molecule has 33 heavy (non-hydrogen) atoms. The molecule has 0 saturated heterocycles. The first kappa shape index (κ1) is 22.6. The summed E-state index contributed by atoms with van der Waals surface area (Å²) in [5, 5.41) is 14.7. The number of nitrogens with zero attached hydrogens (tertiary/aromatic N) is 4. The van der Waals surface area contributed by atoms with Crippen molar-refractivity contribution >= 4 is 39.1 Å². The van der Waals surface area contributed by atoms with E-state index in [1.807, 2.05) is 41.9 Å². The molecule has 5 nitrogen and oxygen atoms in total. The standard InChI is InChI=1S/C25H23BrCl2N4O/c1-15-23(25-30-29-22(33-25)13-16-5-3-2-4-6-16)31-32(21-12-11-19(27)14-20(21)28)24(15)17-7-9-18(26)10-8-17/h7-12,14,16H,2-6,13H2,1H3. The molecular weight excluding hydrogens is 523 g/mol. The van der Waals surface area contributed by atoms with Crippen LogP contribution in [0.3, 0.4) is 0 Å². The van der Waals surface area contributed by atoms with Gasteiger partial charge in [0.15, 0.2) is 5.69 Å². The molecule has 0 unspecified atom stereocenters. The molecule has 0 N–H and O–H groups in total. The third-order valence-electron chi connectivity index (χ3n) is 6.24. The van der Waals surface area contributed by atoms with E-state index >= 15 is 0 Å². The molecule has 1 fully saturated rings. The van der Waals surface area contributed by atoms with Gasteiger partial charge in [-0.3, -0.25) is 0 Å². The van der Waals surface area contributed by atoms with Gasteiger partial charge in [0.05, 0.1) is 16.4 Å². The first-order chi connectivity index (χ1) is 16.0. The lowest BCUT2D eigenvalue weighted by Crippen LogP contribution is -2.09. The van der Waals surface area contributed by atoms with E-state index < -0.39 is 0 Å². The van der Waals surface area contributed by atoms with Crippen LogP contribution in [-0.4, -0.2) is 20.0 Å². The van der Waals surface area contributed by atoms with Crippen molar-refractivity contribution in [1.29, 1.82) is 0 Å². The number of hydrogen-bond donors (Lipinski definition) is 0. The number of benzene rings is 2. The molecule has 8 heteroatoms. The lowest BCUT2D eigenvalue weighted by molar-refractivity contribution is 0.330. The second-order valence-electron chi connectivity index (χ2n) is 8.55. The van der Waals surface area contributed by atoms with Gasteiger partial charge >= 0.3 is 0 Å². The Morgan fingerprint density at radius 3 is 2.52 bits per heavy atom. The van der Waals surface area contributed by atoms with Crippen LogP contribution in [0.2, 0.25) is 10.0 Å². The van der Waals surface area contributed by atoms with Crippen LogP contribution in [0.15, 0.2) is 51.4 Å². The molecule has 0 aliphatic heterocycles. The van der Waals surface area contributed by atoms with Gasteiger partial charge in [-0.05, 0) is 56.0 Å². The van der Waals surface area contributed by atoms with E-state index in [1.165, 1.54) is 32.1 Å². The van der Waals surface area contributed by atoms with Crippen molar-refractivity contribution < 1.29 is 4.42 Å². The van der Waals surface area contributed by atoms with E-state index in [2.05, 4.69) is 26.1 Å². The van der Waals surface area contributed by atoms with Crippen molar-refractivity contribution in [3.63, 3.8) is 0 Å². The first-order valence-corrected chi connectivity index (χ1v) is 12.7. The van der Waals surface area contributed by atoms with Crippen LogP contribution in [0.25, 0.3) is 28.5 Å². The summed E-state index contributed by atoms with van der Waals surface area (Å²) in [5.41, 5.74) is 4.24. The van der Waals surface area contributed by atoms with Crippen LogP contribution in [0.5, 0.6) is 0 Å². The summed E-state index contributed by atoms with van der Waals surface area (Å²) >= 11 is 16.2. The van der Waals surface area contributed by atoms with Crippen molar-refractivity contribution in [2.45, 2.75) is 45.4 Å². The first-order valence-electron chi connectivity index (χ1n) is 11.1. The monoisotopic (exact) mass is 544 g/mol. The molecule has 0 amide bonds.